The van der Waals surface area contributed by atoms with Gasteiger partial charge in [0.25, 0.3) is 10.9 Å². The summed E-state index contributed by atoms with van der Waals surface area (Å²) in [6, 6.07) is 2.73. The molecule has 0 saturated carbocycles. The molecular weight excluding hydrogens is 396 g/mol. The van der Waals surface area contributed by atoms with Crippen molar-refractivity contribution in [2.45, 2.75) is 13.3 Å². The Morgan fingerprint density at radius 3 is 2.57 bits per heavy atom. The molecule has 0 atom stereocenters. The molecular formula is C14H18N6O7S. The third-order valence-electron chi connectivity index (χ3n) is 3.80. The van der Waals surface area contributed by atoms with E-state index >= 15 is 0 Å². The summed E-state index contributed by atoms with van der Waals surface area (Å²) < 4.78 is 0. The molecule has 1 heterocycles. The van der Waals surface area contributed by atoms with E-state index in [-0.39, 0.29) is 16.8 Å². The van der Waals surface area contributed by atoms with E-state index in [0.29, 0.717) is 31.8 Å². The zero-order valence-electron chi connectivity index (χ0n) is 14.9. The summed E-state index contributed by atoms with van der Waals surface area (Å²) in [6.45, 7) is 3.25. The zero-order chi connectivity index (χ0) is 20.7. The molecule has 1 aromatic rings. The highest BCUT2D eigenvalue weighted by atomic mass is 32.2. The maximum absolute atomic E-state index is 12.1. The predicted octanol–water partition coefficient (Wildman–Crippen LogP) is 2.56. The molecule has 1 aliphatic heterocycles. The van der Waals surface area contributed by atoms with E-state index in [1.807, 2.05) is 6.92 Å². The largest absolute Gasteiger partial charge is 0.569 e. The van der Waals surface area contributed by atoms with Crippen LogP contribution in [0, 0.1) is 25.4 Å². The van der Waals surface area contributed by atoms with Crippen LogP contribution < -0.4 is 4.84 Å². The Bertz CT molecular complexity index is 789. The first-order chi connectivity index (χ1) is 13.3. The van der Waals surface area contributed by atoms with Crippen LogP contribution in [0.1, 0.15) is 13.3 Å². The molecule has 0 aromatic heterocycles. The fraction of sp³-hybridized carbons (Fsp3) is 0.500. The van der Waals surface area contributed by atoms with Gasteiger partial charge in [0.2, 0.25) is 11.0 Å². The Hall–Kier alpha value is -3.16. The van der Waals surface area contributed by atoms with Crippen LogP contribution >= 0.6 is 11.8 Å². The van der Waals surface area contributed by atoms with Crippen molar-refractivity contribution < 1.29 is 24.4 Å². The Kier molecular flexibility index (Phi) is 7.31. The molecule has 1 amide bonds. The van der Waals surface area contributed by atoms with Crippen LogP contribution in [0.15, 0.2) is 23.5 Å². The van der Waals surface area contributed by atoms with E-state index < -0.39 is 27.0 Å². The highest BCUT2D eigenvalue weighted by Crippen LogP contribution is 2.31. The van der Waals surface area contributed by atoms with Gasteiger partial charge in [-0.15, -0.1) is 5.01 Å². The van der Waals surface area contributed by atoms with E-state index in [9.17, 15) is 30.2 Å². The quantitative estimate of drug-likeness (QED) is 0.295. The summed E-state index contributed by atoms with van der Waals surface area (Å²) in [4.78, 5) is 38.7. The van der Waals surface area contributed by atoms with Crippen molar-refractivity contribution in [1.29, 1.82) is 0 Å². The number of carbonyl (C=O) groups excluding carboxylic acids is 1. The zero-order valence-corrected chi connectivity index (χ0v) is 15.7. The van der Waals surface area contributed by atoms with Gasteiger partial charge in [0.15, 0.2) is 0 Å². The third kappa shape index (κ3) is 5.42. The van der Waals surface area contributed by atoms with Gasteiger partial charge in [-0.3, -0.25) is 29.9 Å². The number of hydrazine groups is 1. The van der Waals surface area contributed by atoms with Crippen LogP contribution in [0.3, 0.4) is 0 Å². The molecule has 0 spiro atoms. The number of benzene rings is 1. The van der Waals surface area contributed by atoms with Gasteiger partial charge >= 0.3 is 5.69 Å². The van der Waals surface area contributed by atoms with Crippen molar-refractivity contribution in [3.05, 3.63) is 43.6 Å². The van der Waals surface area contributed by atoms with Crippen molar-refractivity contribution >= 4 is 28.4 Å². The molecule has 2 rings (SSSR count). The predicted molar refractivity (Wildman–Crippen MR) is 97.7 cm³/mol. The number of hydrogen-bond acceptors (Lipinski definition) is 9. The van der Waals surface area contributed by atoms with Gasteiger partial charge in [-0.25, -0.2) is 0 Å². The Labute approximate surface area is 163 Å². The van der Waals surface area contributed by atoms with Gasteiger partial charge < -0.3 is 10.1 Å². The van der Waals surface area contributed by atoms with E-state index in [2.05, 4.69) is 5.28 Å². The summed E-state index contributed by atoms with van der Waals surface area (Å²) in [5, 5.41) is 38.5. The number of rotatable bonds is 6. The minimum atomic E-state index is -0.867. The van der Waals surface area contributed by atoms with E-state index in [1.165, 1.54) is 16.8 Å². The number of carbonyl (C=O) groups is 1. The summed E-state index contributed by atoms with van der Waals surface area (Å²) in [7, 11) is 0. The number of nitrogens with zero attached hydrogens (tertiary/aromatic N) is 6. The Morgan fingerprint density at radius 1 is 1.18 bits per heavy atom. The summed E-state index contributed by atoms with van der Waals surface area (Å²) >= 11 is 1.19. The fourth-order valence-corrected chi connectivity index (χ4v) is 3.05. The first-order valence-electron chi connectivity index (χ1n) is 8.28. The summed E-state index contributed by atoms with van der Waals surface area (Å²) in [5.41, 5.74) is -1.17. The number of thioether (sulfide) groups is 1. The van der Waals surface area contributed by atoms with Gasteiger partial charge in [0.05, 0.1) is 34.0 Å². The molecule has 13 nitrogen and oxygen atoms in total. The lowest BCUT2D eigenvalue weighted by Gasteiger charge is -2.19. The number of nitro groups is 2. The molecule has 152 valence electrons. The second-order valence-corrected chi connectivity index (χ2v) is 6.80. The Morgan fingerprint density at radius 2 is 1.93 bits per heavy atom. The maximum Gasteiger partial charge on any atom is 0.321 e. The average molecular weight is 414 g/mol. The van der Waals surface area contributed by atoms with Crippen molar-refractivity contribution in [1.82, 2.24) is 9.91 Å². The minimum Gasteiger partial charge on any atom is -0.569 e. The fourth-order valence-electron chi connectivity index (χ4n) is 2.44. The Balaban J connectivity index is 2.07. The van der Waals surface area contributed by atoms with Gasteiger partial charge in [-0.05, 0) is 18.2 Å². The van der Waals surface area contributed by atoms with Gasteiger partial charge in [0, 0.05) is 19.2 Å². The van der Waals surface area contributed by atoms with Crippen LogP contribution in [0.4, 0.5) is 16.2 Å². The van der Waals surface area contributed by atoms with Crippen LogP contribution in [0.25, 0.3) is 0 Å². The van der Waals surface area contributed by atoms with E-state index in [4.69, 9.17) is 4.84 Å². The van der Waals surface area contributed by atoms with Crippen LogP contribution in [0.5, 0.6) is 5.75 Å². The second-order valence-electron chi connectivity index (χ2n) is 5.59. The standard InChI is InChI=1S/C14H18N6O7S/c1-2-28-14(21)16-6-3-7-17(9-8-16)20(26)15-27-13-5-4-11(18(22)23)10-12(13)19(24)25/h4-5,10H,2-3,6-9H2,1H3/b20-15-. The molecule has 0 radical (unpaired) electrons. The lowest BCUT2D eigenvalue weighted by Crippen LogP contribution is -2.36. The monoisotopic (exact) mass is 414 g/mol. The molecule has 1 aliphatic rings. The van der Waals surface area contributed by atoms with Gasteiger partial charge in [-0.1, -0.05) is 18.7 Å². The summed E-state index contributed by atoms with van der Waals surface area (Å²) in [5.74, 6) is 0.256. The average Bonchev–Trinajstić information content (AvgIpc) is 2.92. The molecule has 0 bridgehead atoms. The molecule has 1 saturated heterocycles. The topological polar surface area (TPSA) is 157 Å². The normalized spacial score (nSPS) is 15.1. The SMILES string of the molecule is CCSC(=O)N1CCCN(/[N+]([O-])=N/Oc2ccc([N+](=O)[O-])cc2[N+](=O)[O-])CC1. The van der Waals surface area contributed by atoms with Gasteiger partial charge in [-0.2, -0.15) is 0 Å². The number of non-ortho nitro benzene ring substituents is 1. The number of hydrogen-bond donors (Lipinski definition) is 0. The van der Waals surface area contributed by atoms with Crippen molar-refractivity contribution in [3.63, 3.8) is 0 Å². The van der Waals surface area contributed by atoms with Crippen LogP contribution in [0.2, 0.25) is 0 Å². The van der Waals surface area contributed by atoms with Crippen LogP contribution in [-0.4, -0.2) is 61.9 Å². The molecule has 0 aliphatic carbocycles. The van der Waals surface area contributed by atoms with Crippen molar-refractivity contribution in [2.24, 2.45) is 5.28 Å². The molecule has 0 unspecified atom stereocenters. The smallest absolute Gasteiger partial charge is 0.321 e. The first kappa shape index (κ1) is 21.1. The maximum atomic E-state index is 12.1. The third-order valence-corrected chi connectivity index (χ3v) is 4.59. The van der Waals surface area contributed by atoms with Gasteiger partial charge in [0.1, 0.15) is 0 Å². The van der Waals surface area contributed by atoms with Crippen molar-refractivity contribution in [2.75, 3.05) is 31.9 Å². The molecule has 28 heavy (non-hydrogen) atoms. The molecule has 1 fully saturated rings. The second kappa shape index (κ2) is 9.68. The molecule has 14 heteroatoms. The highest BCUT2D eigenvalue weighted by molar-refractivity contribution is 8.13. The molecule has 0 N–H and O–H groups in total. The summed E-state index contributed by atoms with van der Waals surface area (Å²) in [6.07, 6.45) is 0.544. The van der Waals surface area contributed by atoms with E-state index in [1.54, 1.807) is 4.90 Å². The highest BCUT2D eigenvalue weighted by Gasteiger charge is 2.25. The first-order valence-corrected chi connectivity index (χ1v) is 9.26. The van der Waals surface area contributed by atoms with Crippen molar-refractivity contribution in [3.8, 4) is 5.75 Å². The minimum absolute atomic E-state index is 0.0588. The lowest BCUT2D eigenvalue weighted by molar-refractivity contribution is -0.706. The van der Waals surface area contributed by atoms with E-state index in [0.717, 1.165) is 18.2 Å². The molecule has 1 aromatic carbocycles. The van der Waals surface area contributed by atoms with Crippen LogP contribution in [-0.2, 0) is 0 Å². The number of nitro benzene ring substituents is 2. The number of amides is 1. The lowest BCUT2D eigenvalue weighted by atomic mass is 10.2.